The number of thioether (sulfide) groups is 1. The average Bonchev–Trinajstić information content (AvgIpc) is 3.05. The number of para-hydroxylation sites is 1. The number of hydrogen-bond donors (Lipinski definition) is 1. The number of aryl methyl sites for hydroxylation is 5. The zero-order chi connectivity index (χ0) is 34.6. The molecule has 0 spiro atoms. The van der Waals surface area contributed by atoms with Gasteiger partial charge in [0.2, 0.25) is 5.95 Å². The molecule has 9 nitrogen and oxygen atoms in total. The Morgan fingerprint density at radius 3 is 2.23 bits per heavy atom. The predicted octanol–water partition coefficient (Wildman–Crippen LogP) is 7.64. The van der Waals surface area contributed by atoms with Crippen molar-refractivity contribution in [3.8, 4) is 23.2 Å². The van der Waals surface area contributed by atoms with Crippen LogP contribution in [-0.4, -0.2) is 49.2 Å². The molecule has 0 fully saturated rings. The molecule has 0 saturated heterocycles. The third-order valence-electron chi connectivity index (χ3n) is 8.13. The molecule has 0 bridgehead atoms. The molecule has 2 aromatic heterocycles. The number of carbonyl (C=O) groups is 1. The van der Waals surface area contributed by atoms with Crippen LogP contribution in [0.3, 0.4) is 0 Å². The standard InChI is InChI=1S/C38H48N4O5S/c1-7-10-16-33-32(37(45)42(26(5)41-33)38-39-23-31(24-40-38)46-17-18-48-6)21-27-19-28(12-8-2)36(29(20-27)13-9-3)47-35-25(4)14-11-15-30(35)22-34(43)44/h11,14-15,19-20,23-24H,7-10,12-13,16-18,21-22H2,1-6H3,(H,43,44). The van der Waals surface area contributed by atoms with Gasteiger partial charge in [0.15, 0.2) is 5.75 Å². The van der Waals surface area contributed by atoms with Crippen molar-refractivity contribution < 1.29 is 19.4 Å². The van der Waals surface area contributed by atoms with E-state index in [-0.39, 0.29) is 17.9 Å². The van der Waals surface area contributed by atoms with Crippen LogP contribution in [0.4, 0.5) is 0 Å². The van der Waals surface area contributed by atoms with Crippen LogP contribution in [0.5, 0.6) is 17.2 Å². The molecule has 0 saturated carbocycles. The van der Waals surface area contributed by atoms with Gasteiger partial charge in [-0.2, -0.15) is 11.8 Å². The molecule has 4 aromatic rings. The lowest BCUT2D eigenvalue weighted by Crippen LogP contribution is -2.29. The SMILES string of the molecule is CCCCc1nc(C)n(-c2ncc(OCCSC)cn2)c(=O)c1Cc1cc(CCC)c(Oc2c(C)cccc2CC(=O)O)c(CCC)c1. The maximum atomic E-state index is 14.3. The van der Waals surface area contributed by atoms with Crippen LogP contribution >= 0.6 is 11.8 Å². The number of carboxylic acids is 1. The van der Waals surface area contributed by atoms with Gasteiger partial charge >= 0.3 is 5.97 Å². The van der Waals surface area contributed by atoms with Crippen LogP contribution in [0.25, 0.3) is 5.95 Å². The molecular formula is C38H48N4O5S. The number of nitrogens with zero attached hydrogens (tertiary/aromatic N) is 4. The predicted molar refractivity (Wildman–Crippen MR) is 192 cm³/mol. The highest BCUT2D eigenvalue weighted by Gasteiger charge is 2.21. The third kappa shape index (κ3) is 9.24. The van der Waals surface area contributed by atoms with E-state index in [0.717, 1.165) is 78.0 Å². The monoisotopic (exact) mass is 672 g/mol. The summed E-state index contributed by atoms with van der Waals surface area (Å²) >= 11 is 1.70. The second-order valence-electron chi connectivity index (χ2n) is 12.0. The zero-order valence-electron chi connectivity index (χ0n) is 29.1. The summed E-state index contributed by atoms with van der Waals surface area (Å²) in [6, 6.07) is 9.89. The quantitative estimate of drug-likeness (QED) is 0.106. The van der Waals surface area contributed by atoms with Gasteiger partial charge in [0.25, 0.3) is 5.56 Å². The minimum atomic E-state index is -0.902. The minimum Gasteiger partial charge on any atom is -0.489 e. The Morgan fingerprint density at radius 1 is 0.938 bits per heavy atom. The van der Waals surface area contributed by atoms with E-state index in [1.807, 2.05) is 38.3 Å². The molecule has 48 heavy (non-hydrogen) atoms. The zero-order valence-corrected chi connectivity index (χ0v) is 29.9. The highest BCUT2D eigenvalue weighted by molar-refractivity contribution is 7.98. The summed E-state index contributed by atoms with van der Waals surface area (Å²) < 4.78 is 13.9. The normalized spacial score (nSPS) is 11.1. The number of rotatable bonds is 18. The molecule has 0 aliphatic rings. The average molecular weight is 673 g/mol. The molecule has 256 valence electrons. The molecule has 0 radical (unpaired) electrons. The molecule has 4 rings (SSSR count). The Labute approximate surface area is 288 Å². The van der Waals surface area contributed by atoms with Gasteiger partial charge in [0, 0.05) is 23.3 Å². The van der Waals surface area contributed by atoms with Gasteiger partial charge in [0.1, 0.15) is 17.3 Å². The lowest BCUT2D eigenvalue weighted by molar-refractivity contribution is -0.136. The Morgan fingerprint density at radius 2 is 1.62 bits per heavy atom. The van der Waals surface area contributed by atoms with Crippen molar-refractivity contribution in [2.45, 2.75) is 92.4 Å². The van der Waals surface area contributed by atoms with E-state index in [9.17, 15) is 14.7 Å². The van der Waals surface area contributed by atoms with Gasteiger partial charge in [-0.15, -0.1) is 0 Å². The summed E-state index contributed by atoms with van der Waals surface area (Å²) in [5.74, 6) is 2.70. The van der Waals surface area contributed by atoms with Gasteiger partial charge in [-0.25, -0.2) is 19.5 Å². The lowest BCUT2D eigenvalue weighted by Gasteiger charge is -2.21. The van der Waals surface area contributed by atoms with Crippen LogP contribution in [0.1, 0.15) is 91.4 Å². The van der Waals surface area contributed by atoms with Gasteiger partial charge in [-0.1, -0.05) is 70.4 Å². The van der Waals surface area contributed by atoms with Gasteiger partial charge in [0.05, 0.1) is 31.1 Å². The van der Waals surface area contributed by atoms with E-state index >= 15 is 0 Å². The summed E-state index contributed by atoms with van der Waals surface area (Å²) in [5.41, 5.74) is 5.89. The lowest BCUT2D eigenvalue weighted by atomic mass is 9.94. The molecule has 0 atom stereocenters. The Hall–Kier alpha value is -4.18. The fourth-order valence-corrected chi connectivity index (χ4v) is 6.11. The second kappa shape index (κ2) is 17.8. The van der Waals surface area contributed by atoms with Crippen molar-refractivity contribution in [2.24, 2.45) is 0 Å². The topological polar surface area (TPSA) is 116 Å². The minimum absolute atomic E-state index is 0.119. The van der Waals surface area contributed by atoms with E-state index < -0.39 is 5.97 Å². The number of aromatic nitrogens is 4. The van der Waals surface area contributed by atoms with E-state index in [1.165, 1.54) is 4.57 Å². The summed E-state index contributed by atoms with van der Waals surface area (Å²) in [5, 5.41) is 9.56. The fourth-order valence-electron chi connectivity index (χ4n) is 5.86. The highest BCUT2D eigenvalue weighted by atomic mass is 32.2. The van der Waals surface area contributed by atoms with Crippen LogP contribution < -0.4 is 15.0 Å². The maximum Gasteiger partial charge on any atom is 0.307 e. The number of carboxylic acid groups (broad SMARTS) is 1. The Balaban J connectivity index is 1.80. The molecule has 0 aliphatic heterocycles. The first-order valence-electron chi connectivity index (χ1n) is 16.9. The first-order chi connectivity index (χ1) is 23.2. The van der Waals surface area contributed by atoms with Crippen molar-refractivity contribution >= 4 is 17.7 Å². The van der Waals surface area contributed by atoms with Crippen molar-refractivity contribution in [1.29, 1.82) is 0 Å². The summed E-state index contributed by atoms with van der Waals surface area (Å²) in [6.07, 6.45) is 11.5. The second-order valence-corrected chi connectivity index (χ2v) is 13.0. The molecule has 0 amide bonds. The van der Waals surface area contributed by atoms with E-state index in [2.05, 4.69) is 42.9 Å². The third-order valence-corrected chi connectivity index (χ3v) is 8.70. The molecule has 2 heterocycles. The van der Waals surface area contributed by atoms with Gasteiger partial charge in [-0.3, -0.25) is 9.59 Å². The molecule has 1 N–H and O–H groups in total. The maximum absolute atomic E-state index is 14.3. The summed E-state index contributed by atoms with van der Waals surface area (Å²) in [4.78, 5) is 39.9. The molecule has 10 heteroatoms. The largest absolute Gasteiger partial charge is 0.489 e. The van der Waals surface area contributed by atoms with Gasteiger partial charge in [-0.05, 0) is 68.0 Å². The Bertz CT molecular complexity index is 1730. The number of aliphatic carboxylic acids is 1. The summed E-state index contributed by atoms with van der Waals surface area (Å²) in [6.45, 7) is 10.7. The van der Waals surface area contributed by atoms with E-state index in [0.29, 0.717) is 47.9 Å². The number of hydrogen-bond acceptors (Lipinski definition) is 8. The smallest absolute Gasteiger partial charge is 0.307 e. The number of ether oxygens (including phenoxy) is 2. The van der Waals surface area contributed by atoms with Crippen LogP contribution in [0, 0.1) is 13.8 Å². The van der Waals surface area contributed by atoms with E-state index in [1.54, 1.807) is 24.2 Å². The van der Waals surface area contributed by atoms with Crippen molar-refractivity contribution in [1.82, 2.24) is 19.5 Å². The molecule has 2 aromatic carbocycles. The van der Waals surface area contributed by atoms with Crippen molar-refractivity contribution in [2.75, 3.05) is 18.6 Å². The van der Waals surface area contributed by atoms with Crippen molar-refractivity contribution in [3.63, 3.8) is 0 Å². The number of benzene rings is 2. The van der Waals surface area contributed by atoms with Crippen LogP contribution in [-0.2, 0) is 36.9 Å². The fraction of sp³-hybridized carbons (Fsp3) is 0.447. The Kier molecular flexibility index (Phi) is 13.6. The molecule has 0 aliphatic carbocycles. The van der Waals surface area contributed by atoms with Crippen LogP contribution in [0.2, 0.25) is 0 Å². The van der Waals surface area contributed by atoms with Crippen molar-refractivity contribution in [3.05, 3.63) is 98.0 Å². The highest BCUT2D eigenvalue weighted by Crippen LogP contribution is 2.37. The number of unbranched alkanes of at least 4 members (excludes halogenated alkanes) is 1. The molecular weight excluding hydrogens is 625 g/mol. The van der Waals surface area contributed by atoms with Crippen LogP contribution in [0.15, 0.2) is 47.5 Å². The molecule has 0 unspecified atom stereocenters. The van der Waals surface area contributed by atoms with E-state index in [4.69, 9.17) is 14.5 Å². The van der Waals surface area contributed by atoms with Gasteiger partial charge < -0.3 is 14.6 Å². The first-order valence-corrected chi connectivity index (χ1v) is 18.3. The summed E-state index contributed by atoms with van der Waals surface area (Å²) in [7, 11) is 0. The first kappa shape index (κ1) is 36.7.